The van der Waals surface area contributed by atoms with E-state index in [-0.39, 0.29) is 11.9 Å². The number of aryl methyl sites for hydroxylation is 2. The molecule has 5 nitrogen and oxygen atoms in total. The van der Waals surface area contributed by atoms with Crippen molar-refractivity contribution in [2.45, 2.75) is 58.5 Å². The number of nitrogens with zero attached hydrogens (tertiary/aromatic N) is 3. The van der Waals surface area contributed by atoms with Gasteiger partial charge in [-0.3, -0.25) is 4.79 Å². The Labute approximate surface area is 171 Å². The number of hydrogen-bond donors (Lipinski definition) is 0. The molecule has 1 aliphatic rings. The lowest BCUT2D eigenvalue weighted by Gasteiger charge is -2.33. The second-order valence-electron chi connectivity index (χ2n) is 7.92. The van der Waals surface area contributed by atoms with E-state index in [0.717, 1.165) is 42.4 Å². The molecule has 4 rings (SSSR count). The zero-order valence-electron chi connectivity index (χ0n) is 17.1. The predicted molar refractivity (Wildman–Crippen MR) is 112 cm³/mol. The number of aromatic nitrogens is 2. The molecular formula is C24H27N3O2. The fourth-order valence-corrected chi connectivity index (χ4v) is 4.01. The highest BCUT2D eigenvalue weighted by Crippen LogP contribution is 2.27. The van der Waals surface area contributed by atoms with E-state index in [1.165, 1.54) is 12.0 Å². The minimum absolute atomic E-state index is 0.0464. The molecule has 0 radical (unpaired) electrons. The Hall–Kier alpha value is -2.95. The monoisotopic (exact) mass is 389 g/mol. The molecule has 1 heterocycles. The summed E-state index contributed by atoms with van der Waals surface area (Å²) in [6.45, 7) is 4.37. The van der Waals surface area contributed by atoms with E-state index in [9.17, 15) is 4.79 Å². The largest absolute Gasteiger partial charge is 0.337 e. The summed E-state index contributed by atoms with van der Waals surface area (Å²) in [5, 5.41) is 4.14. The lowest BCUT2D eigenvalue weighted by Crippen LogP contribution is -2.41. The highest BCUT2D eigenvalue weighted by Gasteiger charge is 2.29. The van der Waals surface area contributed by atoms with E-state index < -0.39 is 0 Å². The predicted octanol–water partition coefficient (Wildman–Crippen LogP) is 5.33. The second-order valence-corrected chi connectivity index (χ2v) is 7.92. The molecule has 0 aliphatic heterocycles. The SMILES string of the molecule is Cc1ccc(-c2noc(CN(C(=O)c3ccccc3C)C3CCCCC3)n2)cc1. The summed E-state index contributed by atoms with van der Waals surface area (Å²) in [6.07, 6.45) is 5.59. The normalized spacial score (nSPS) is 14.7. The summed E-state index contributed by atoms with van der Waals surface area (Å²) in [7, 11) is 0. The van der Waals surface area contributed by atoms with Crippen molar-refractivity contribution in [1.29, 1.82) is 0 Å². The Bertz CT molecular complexity index is 972. The second kappa shape index (κ2) is 8.60. The van der Waals surface area contributed by atoms with Crippen molar-refractivity contribution in [1.82, 2.24) is 15.0 Å². The zero-order valence-corrected chi connectivity index (χ0v) is 17.1. The van der Waals surface area contributed by atoms with Crippen LogP contribution in [0.15, 0.2) is 53.1 Å². The average molecular weight is 389 g/mol. The molecule has 0 N–H and O–H groups in total. The fraction of sp³-hybridized carbons (Fsp3) is 0.375. The van der Waals surface area contributed by atoms with Gasteiger partial charge >= 0.3 is 0 Å². The van der Waals surface area contributed by atoms with E-state index in [2.05, 4.69) is 10.1 Å². The number of hydrogen-bond acceptors (Lipinski definition) is 4. The van der Waals surface area contributed by atoms with Crippen molar-refractivity contribution in [3.63, 3.8) is 0 Å². The Balaban J connectivity index is 1.59. The van der Waals surface area contributed by atoms with Crippen LogP contribution in [0.25, 0.3) is 11.4 Å². The van der Waals surface area contributed by atoms with Crippen LogP contribution in [-0.4, -0.2) is 27.0 Å². The average Bonchev–Trinajstić information content (AvgIpc) is 3.22. The van der Waals surface area contributed by atoms with Crippen molar-refractivity contribution in [2.24, 2.45) is 0 Å². The molecule has 1 aliphatic carbocycles. The molecular weight excluding hydrogens is 362 g/mol. The molecule has 0 atom stereocenters. The van der Waals surface area contributed by atoms with Crippen LogP contribution in [0.2, 0.25) is 0 Å². The van der Waals surface area contributed by atoms with E-state index in [4.69, 9.17) is 4.52 Å². The minimum Gasteiger partial charge on any atom is -0.337 e. The maximum atomic E-state index is 13.4. The summed E-state index contributed by atoms with van der Waals surface area (Å²) < 4.78 is 5.53. The summed E-state index contributed by atoms with van der Waals surface area (Å²) in [4.78, 5) is 19.9. The van der Waals surface area contributed by atoms with Gasteiger partial charge in [-0.15, -0.1) is 0 Å². The van der Waals surface area contributed by atoms with Gasteiger partial charge in [-0.1, -0.05) is 72.4 Å². The lowest BCUT2D eigenvalue weighted by atomic mass is 9.93. The van der Waals surface area contributed by atoms with Gasteiger partial charge in [-0.25, -0.2) is 0 Å². The summed E-state index contributed by atoms with van der Waals surface area (Å²) in [5.74, 6) is 1.09. The molecule has 0 unspecified atom stereocenters. The van der Waals surface area contributed by atoms with Crippen molar-refractivity contribution < 1.29 is 9.32 Å². The maximum Gasteiger partial charge on any atom is 0.254 e. The van der Waals surface area contributed by atoms with Gasteiger partial charge in [0, 0.05) is 17.2 Å². The van der Waals surface area contributed by atoms with Crippen molar-refractivity contribution in [2.75, 3.05) is 0 Å². The van der Waals surface area contributed by atoms with Gasteiger partial charge in [0.25, 0.3) is 5.91 Å². The van der Waals surface area contributed by atoms with Crippen LogP contribution in [0.4, 0.5) is 0 Å². The third-order valence-electron chi connectivity index (χ3n) is 5.74. The van der Waals surface area contributed by atoms with Crippen LogP contribution in [-0.2, 0) is 6.54 Å². The molecule has 1 aromatic heterocycles. The first-order valence-corrected chi connectivity index (χ1v) is 10.4. The molecule has 150 valence electrons. The number of rotatable bonds is 5. The van der Waals surface area contributed by atoms with Gasteiger partial charge in [0.1, 0.15) is 6.54 Å². The standard InChI is InChI=1S/C24H27N3O2/c1-17-12-14-19(15-13-17)23-25-22(29-26-23)16-27(20-9-4-3-5-10-20)24(28)21-11-7-6-8-18(21)2/h6-8,11-15,20H,3-5,9-10,16H2,1-2H3. The van der Waals surface area contributed by atoms with Crippen LogP contribution in [0.3, 0.4) is 0 Å². The molecule has 1 amide bonds. The smallest absolute Gasteiger partial charge is 0.254 e. The number of amides is 1. The molecule has 3 aromatic rings. The molecule has 0 spiro atoms. The third kappa shape index (κ3) is 4.39. The maximum absolute atomic E-state index is 13.4. The van der Waals surface area contributed by atoms with E-state index in [1.54, 1.807) is 0 Å². The van der Waals surface area contributed by atoms with Gasteiger partial charge in [-0.05, 0) is 38.3 Å². The van der Waals surface area contributed by atoms with E-state index in [1.807, 2.05) is 67.3 Å². The third-order valence-corrected chi connectivity index (χ3v) is 5.74. The molecule has 1 saturated carbocycles. The molecule has 5 heteroatoms. The molecule has 29 heavy (non-hydrogen) atoms. The first-order chi connectivity index (χ1) is 14.1. The zero-order chi connectivity index (χ0) is 20.2. The fourth-order valence-electron chi connectivity index (χ4n) is 4.01. The van der Waals surface area contributed by atoms with Crippen molar-refractivity contribution in [3.8, 4) is 11.4 Å². The quantitative estimate of drug-likeness (QED) is 0.592. The van der Waals surface area contributed by atoms with Gasteiger partial charge in [0.05, 0.1) is 0 Å². The highest BCUT2D eigenvalue weighted by molar-refractivity contribution is 5.95. The first kappa shape index (κ1) is 19.4. The molecule has 0 bridgehead atoms. The van der Waals surface area contributed by atoms with E-state index in [0.29, 0.717) is 18.3 Å². The molecule has 1 fully saturated rings. The van der Waals surface area contributed by atoms with Crippen LogP contribution in [0.1, 0.15) is 59.5 Å². The van der Waals surface area contributed by atoms with Crippen LogP contribution < -0.4 is 0 Å². The topological polar surface area (TPSA) is 59.2 Å². The summed E-state index contributed by atoms with van der Waals surface area (Å²) >= 11 is 0. The number of carbonyl (C=O) groups excluding carboxylic acids is 1. The van der Waals surface area contributed by atoms with Gasteiger partial charge in [0.2, 0.25) is 11.7 Å². The molecule has 0 saturated heterocycles. The first-order valence-electron chi connectivity index (χ1n) is 10.4. The summed E-state index contributed by atoms with van der Waals surface area (Å²) in [6, 6.07) is 16.0. The van der Waals surface area contributed by atoms with Crippen molar-refractivity contribution >= 4 is 5.91 Å². The highest BCUT2D eigenvalue weighted by atomic mass is 16.5. The Morgan fingerprint density at radius 3 is 2.48 bits per heavy atom. The van der Waals surface area contributed by atoms with Crippen LogP contribution in [0, 0.1) is 13.8 Å². The van der Waals surface area contributed by atoms with E-state index >= 15 is 0 Å². The van der Waals surface area contributed by atoms with Crippen LogP contribution >= 0.6 is 0 Å². The Morgan fingerprint density at radius 2 is 1.76 bits per heavy atom. The van der Waals surface area contributed by atoms with Gasteiger partial charge < -0.3 is 9.42 Å². The van der Waals surface area contributed by atoms with Crippen LogP contribution in [0.5, 0.6) is 0 Å². The Morgan fingerprint density at radius 1 is 1.03 bits per heavy atom. The van der Waals surface area contributed by atoms with Crippen molar-refractivity contribution in [3.05, 3.63) is 71.1 Å². The minimum atomic E-state index is 0.0464. The molecule has 2 aromatic carbocycles. The van der Waals surface area contributed by atoms with Gasteiger partial charge in [-0.2, -0.15) is 4.98 Å². The summed E-state index contributed by atoms with van der Waals surface area (Å²) in [5.41, 5.74) is 3.84. The number of carbonyl (C=O) groups is 1. The Kier molecular flexibility index (Phi) is 5.74. The number of benzene rings is 2. The lowest BCUT2D eigenvalue weighted by molar-refractivity contribution is 0.0585. The van der Waals surface area contributed by atoms with Gasteiger partial charge in [0.15, 0.2) is 0 Å².